The summed E-state index contributed by atoms with van der Waals surface area (Å²) in [5.74, 6) is -0.00837. The molecule has 0 bridgehead atoms. The maximum atomic E-state index is 13.2. The molecule has 7 heteroatoms. The Morgan fingerprint density at radius 1 is 1.22 bits per heavy atom. The van der Waals surface area contributed by atoms with Crippen LogP contribution in [0.4, 0.5) is 5.69 Å². The molecule has 1 atom stereocenters. The summed E-state index contributed by atoms with van der Waals surface area (Å²) >= 11 is 1.30. The molecule has 1 fully saturated rings. The van der Waals surface area contributed by atoms with E-state index in [4.69, 9.17) is 0 Å². The van der Waals surface area contributed by atoms with Gasteiger partial charge in [0.15, 0.2) is 0 Å². The SMILES string of the molecule is Cc1ccc(N2CCN(C(=O)c3sc4nc[nH]c(=O)c4c3C)[C@@H](C)C2)cc1. The molecule has 0 saturated carbocycles. The van der Waals surface area contributed by atoms with Gasteiger partial charge in [0, 0.05) is 31.4 Å². The van der Waals surface area contributed by atoms with E-state index in [1.807, 2.05) is 11.8 Å². The van der Waals surface area contributed by atoms with E-state index in [1.54, 1.807) is 0 Å². The molecule has 0 aliphatic carbocycles. The standard InChI is InChI=1S/C20H22N4O2S/c1-12-4-6-15(7-5-12)23-8-9-24(13(2)10-23)20(26)17-14(3)16-18(25)21-11-22-19(16)27-17/h4-7,11,13H,8-10H2,1-3H3,(H,21,22,25)/t13-/m0/s1. The second-order valence-corrected chi connectivity index (χ2v) is 8.10. The Kier molecular flexibility index (Phi) is 4.47. The van der Waals surface area contributed by atoms with Crippen molar-refractivity contribution in [3.05, 3.63) is 57.0 Å². The number of fused-ring (bicyclic) bond motifs is 1. The van der Waals surface area contributed by atoms with Crippen LogP contribution in [0.3, 0.4) is 0 Å². The number of aromatic nitrogens is 2. The summed E-state index contributed by atoms with van der Waals surface area (Å²) in [6.45, 7) is 8.23. The van der Waals surface area contributed by atoms with Gasteiger partial charge in [-0.25, -0.2) is 4.98 Å². The summed E-state index contributed by atoms with van der Waals surface area (Å²) in [6, 6.07) is 8.58. The molecule has 140 valence electrons. The van der Waals surface area contributed by atoms with E-state index < -0.39 is 0 Å². The third-order valence-corrected chi connectivity index (χ3v) is 6.40. The molecule has 3 heterocycles. The van der Waals surface area contributed by atoms with Gasteiger partial charge in [-0.15, -0.1) is 11.3 Å². The lowest BCUT2D eigenvalue weighted by molar-refractivity contribution is 0.0678. The average Bonchev–Trinajstić information content (AvgIpc) is 3.00. The number of hydrogen-bond acceptors (Lipinski definition) is 5. The first-order valence-electron chi connectivity index (χ1n) is 9.05. The fourth-order valence-electron chi connectivity index (χ4n) is 3.66. The summed E-state index contributed by atoms with van der Waals surface area (Å²) < 4.78 is 0. The van der Waals surface area contributed by atoms with Gasteiger partial charge in [-0.05, 0) is 38.5 Å². The van der Waals surface area contributed by atoms with Crippen LogP contribution in [-0.2, 0) is 0 Å². The molecule has 1 aliphatic rings. The van der Waals surface area contributed by atoms with Crippen LogP contribution in [0.15, 0.2) is 35.4 Å². The van der Waals surface area contributed by atoms with Gasteiger partial charge in [-0.2, -0.15) is 0 Å². The second kappa shape index (κ2) is 6.81. The Morgan fingerprint density at radius 2 is 1.96 bits per heavy atom. The van der Waals surface area contributed by atoms with E-state index >= 15 is 0 Å². The monoisotopic (exact) mass is 382 g/mol. The highest BCUT2D eigenvalue weighted by Gasteiger charge is 2.30. The number of aryl methyl sites for hydroxylation is 2. The predicted octanol–water partition coefficient (Wildman–Crippen LogP) is 2.95. The van der Waals surface area contributed by atoms with Gasteiger partial charge in [0.05, 0.1) is 16.6 Å². The molecule has 6 nitrogen and oxygen atoms in total. The first-order valence-corrected chi connectivity index (χ1v) is 9.86. The van der Waals surface area contributed by atoms with E-state index in [0.29, 0.717) is 21.6 Å². The van der Waals surface area contributed by atoms with Crippen LogP contribution < -0.4 is 10.5 Å². The van der Waals surface area contributed by atoms with Crippen LogP contribution in [0.1, 0.15) is 27.7 Å². The van der Waals surface area contributed by atoms with Gasteiger partial charge in [0.25, 0.3) is 11.5 Å². The molecular formula is C20H22N4O2S. The fourth-order valence-corrected chi connectivity index (χ4v) is 4.77. The molecule has 0 unspecified atom stereocenters. The van der Waals surface area contributed by atoms with Crippen molar-refractivity contribution < 1.29 is 4.79 Å². The van der Waals surface area contributed by atoms with Crippen molar-refractivity contribution in [3.63, 3.8) is 0 Å². The maximum Gasteiger partial charge on any atom is 0.264 e. The number of hydrogen-bond donors (Lipinski definition) is 1. The number of carbonyl (C=O) groups is 1. The van der Waals surface area contributed by atoms with Gasteiger partial charge in [-0.1, -0.05) is 17.7 Å². The first kappa shape index (κ1) is 17.7. The quantitative estimate of drug-likeness (QED) is 0.740. The van der Waals surface area contributed by atoms with E-state index in [1.165, 1.54) is 28.9 Å². The first-order chi connectivity index (χ1) is 13.0. The van der Waals surface area contributed by atoms with Crippen LogP contribution in [0, 0.1) is 13.8 Å². The van der Waals surface area contributed by atoms with Gasteiger partial charge < -0.3 is 14.8 Å². The van der Waals surface area contributed by atoms with Crippen LogP contribution in [-0.4, -0.2) is 46.5 Å². The number of piperazine rings is 1. The number of anilines is 1. The van der Waals surface area contributed by atoms with E-state index in [9.17, 15) is 9.59 Å². The van der Waals surface area contributed by atoms with Crippen LogP contribution in [0.25, 0.3) is 10.2 Å². The zero-order valence-corrected chi connectivity index (χ0v) is 16.5. The minimum absolute atomic E-state index is 0.00837. The third-order valence-electron chi connectivity index (χ3n) is 5.21. The smallest absolute Gasteiger partial charge is 0.264 e. The van der Waals surface area contributed by atoms with Crippen LogP contribution in [0.5, 0.6) is 0 Å². The van der Waals surface area contributed by atoms with E-state index in [-0.39, 0.29) is 17.5 Å². The lowest BCUT2D eigenvalue weighted by Gasteiger charge is -2.41. The third kappa shape index (κ3) is 3.12. The molecule has 1 saturated heterocycles. The van der Waals surface area contributed by atoms with Crippen molar-refractivity contribution in [2.75, 3.05) is 24.5 Å². The summed E-state index contributed by atoms with van der Waals surface area (Å²) in [5.41, 5.74) is 2.96. The number of nitrogens with one attached hydrogen (secondary N) is 1. The molecule has 0 spiro atoms. The maximum absolute atomic E-state index is 13.2. The van der Waals surface area contributed by atoms with Gasteiger partial charge in [0.1, 0.15) is 4.83 Å². The summed E-state index contributed by atoms with van der Waals surface area (Å²) in [7, 11) is 0. The van der Waals surface area contributed by atoms with Crippen LogP contribution >= 0.6 is 11.3 Å². The Hall–Kier alpha value is -2.67. The number of amides is 1. The number of H-pyrrole nitrogens is 1. The molecule has 1 aromatic carbocycles. The normalized spacial score (nSPS) is 17.5. The molecule has 1 aliphatic heterocycles. The minimum atomic E-state index is -0.190. The van der Waals surface area contributed by atoms with Crippen molar-refractivity contribution >= 4 is 33.1 Å². The fraction of sp³-hybridized carbons (Fsp3) is 0.350. The predicted molar refractivity (Wildman–Crippen MR) is 109 cm³/mol. The van der Waals surface area contributed by atoms with Crippen molar-refractivity contribution in [3.8, 4) is 0 Å². The molecule has 27 heavy (non-hydrogen) atoms. The summed E-state index contributed by atoms with van der Waals surface area (Å²) in [4.78, 5) is 37.5. The highest BCUT2D eigenvalue weighted by Crippen LogP contribution is 2.29. The number of benzene rings is 1. The van der Waals surface area contributed by atoms with E-state index in [0.717, 1.165) is 18.7 Å². The van der Waals surface area contributed by atoms with Gasteiger partial charge in [-0.3, -0.25) is 9.59 Å². The van der Waals surface area contributed by atoms with Crippen molar-refractivity contribution in [1.29, 1.82) is 0 Å². The van der Waals surface area contributed by atoms with E-state index in [2.05, 4.69) is 53.0 Å². The highest BCUT2D eigenvalue weighted by atomic mass is 32.1. The Bertz CT molecular complexity index is 1050. The Labute approximate surface area is 161 Å². The zero-order chi connectivity index (χ0) is 19.1. The second-order valence-electron chi connectivity index (χ2n) is 7.10. The zero-order valence-electron chi connectivity index (χ0n) is 15.7. The van der Waals surface area contributed by atoms with Crippen molar-refractivity contribution in [1.82, 2.24) is 14.9 Å². The van der Waals surface area contributed by atoms with Crippen molar-refractivity contribution in [2.24, 2.45) is 0 Å². The molecule has 2 aromatic heterocycles. The number of aromatic amines is 1. The largest absolute Gasteiger partial charge is 0.368 e. The number of carbonyl (C=O) groups excluding carboxylic acids is 1. The minimum Gasteiger partial charge on any atom is -0.368 e. The number of thiophene rings is 1. The Morgan fingerprint density at radius 3 is 2.63 bits per heavy atom. The number of nitrogens with zero attached hydrogens (tertiary/aromatic N) is 3. The van der Waals surface area contributed by atoms with Crippen molar-refractivity contribution in [2.45, 2.75) is 26.8 Å². The van der Waals surface area contributed by atoms with Crippen LogP contribution in [0.2, 0.25) is 0 Å². The topological polar surface area (TPSA) is 69.3 Å². The molecular weight excluding hydrogens is 360 g/mol. The highest BCUT2D eigenvalue weighted by molar-refractivity contribution is 7.20. The van der Waals surface area contributed by atoms with Gasteiger partial charge >= 0.3 is 0 Å². The molecule has 1 amide bonds. The summed E-state index contributed by atoms with van der Waals surface area (Å²) in [6.07, 6.45) is 1.39. The van der Waals surface area contributed by atoms with Gasteiger partial charge in [0.2, 0.25) is 0 Å². The molecule has 0 radical (unpaired) electrons. The average molecular weight is 382 g/mol. The Balaban J connectivity index is 1.57. The molecule has 3 aromatic rings. The summed E-state index contributed by atoms with van der Waals surface area (Å²) in [5, 5.41) is 0.525. The molecule has 4 rings (SSSR count). The molecule has 1 N–H and O–H groups in total. The lowest BCUT2D eigenvalue weighted by Crippen LogP contribution is -2.54. The number of rotatable bonds is 2. The lowest BCUT2D eigenvalue weighted by atomic mass is 10.1.